The molecule has 0 spiro atoms. The number of carbonyl (C=O) groups excluding carboxylic acids is 1. The van der Waals surface area contributed by atoms with Crippen molar-refractivity contribution in [1.29, 1.82) is 0 Å². The van der Waals surface area contributed by atoms with E-state index in [1.54, 1.807) is 0 Å². The van der Waals surface area contributed by atoms with Crippen LogP contribution in [0.4, 0.5) is 10.1 Å². The summed E-state index contributed by atoms with van der Waals surface area (Å²) in [4.78, 5) is 21.7. The molecule has 0 aromatic heterocycles. The van der Waals surface area contributed by atoms with Gasteiger partial charge in [-0.15, -0.1) is 0 Å². The summed E-state index contributed by atoms with van der Waals surface area (Å²) in [5.74, 6) is -0.661. The molecule has 7 heteroatoms. The summed E-state index contributed by atoms with van der Waals surface area (Å²) in [5.41, 5.74) is -0.178. The Morgan fingerprint density at radius 3 is 2.48 bits per heavy atom. The fourth-order valence-electron chi connectivity index (χ4n) is 1.67. The second-order valence-electron chi connectivity index (χ2n) is 4.17. The van der Waals surface area contributed by atoms with Crippen molar-refractivity contribution < 1.29 is 18.8 Å². The smallest absolute Gasteiger partial charge is 0.270 e. The second kappa shape index (κ2) is 5.88. The Labute approximate surface area is 124 Å². The van der Waals surface area contributed by atoms with E-state index in [9.17, 15) is 19.3 Å². The van der Waals surface area contributed by atoms with E-state index >= 15 is 0 Å². The molecular weight excluding hydrogens is 301 g/mol. The van der Waals surface area contributed by atoms with Crippen molar-refractivity contribution >= 4 is 23.1 Å². The molecule has 0 N–H and O–H groups in total. The summed E-state index contributed by atoms with van der Waals surface area (Å²) in [6.07, 6.45) is 0. The number of rotatable bonds is 4. The summed E-state index contributed by atoms with van der Waals surface area (Å²) in [6, 6.07) is 7.15. The molecule has 21 heavy (non-hydrogen) atoms. The van der Waals surface area contributed by atoms with Gasteiger partial charge in [0.2, 0.25) is 0 Å². The van der Waals surface area contributed by atoms with Crippen LogP contribution in [0.5, 0.6) is 11.5 Å². The van der Waals surface area contributed by atoms with Crippen LogP contribution >= 0.6 is 11.6 Å². The molecule has 2 aromatic carbocycles. The molecule has 0 unspecified atom stereocenters. The third kappa shape index (κ3) is 3.35. The number of halogens is 2. The lowest BCUT2D eigenvalue weighted by molar-refractivity contribution is -0.384. The van der Waals surface area contributed by atoms with Gasteiger partial charge in [-0.05, 0) is 31.2 Å². The summed E-state index contributed by atoms with van der Waals surface area (Å²) >= 11 is 5.83. The Hall–Kier alpha value is -2.47. The van der Waals surface area contributed by atoms with Crippen LogP contribution in [0.1, 0.15) is 17.3 Å². The first-order chi connectivity index (χ1) is 9.88. The molecular formula is C14H9ClFNO4. The van der Waals surface area contributed by atoms with Crippen molar-refractivity contribution in [2.45, 2.75) is 6.92 Å². The molecule has 0 aliphatic rings. The van der Waals surface area contributed by atoms with Crippen molar-refractivity contribution in [2.24, 2.45) is 0 Å². The molecule has 0 aliphatic carbocycles. The lowest BCUT2D eigenvalue weighted by atomic mass is 10.1. The van der Waals surface area contributed by atoms with E-state index in [0.29, 0.717) is 0 Å². The zero-order valence-electron chi connectivity index (χ0n) is 10.8. The van der Waals surface area contributed by atoms with Crippen LogP contribution in [0, 0.1) is 15.9 Å². The highest BCUT2D eigenvalue weighted by Crippen LogP contribution is 2.33. The molecule has 0 aliphatic heterocycles. The monoisotopic (exact) mass is 309 g/mol. The Balaban J connectivity index is 2.44. The normalized spacial score (nSPS) is 10.2. The van der Waals surface area contributed by atoms with Crippen molar-refractivity contribution in [3.63, 3.8) is 0 Å². The highest BCUT2D eigenvalue weighted by atomic mass is 35.5. The van der Waals surface area contributed by atoms with Crippen LogP contribution in [0.15, 0.2) is 36.4 Å². The topological polar surface area (TPSA) is 69.4 Å². The number of hydrogen-bond acceptors (Lipinski definition) is 4. The molecule has 2 rings (SSSR count). The molecule has 0 atom stereocenters. The van der Waals surface area contributed by atoms with Crippen LogP contribution in [0.2, 0.25) is 5.02 Å². The molecule has 0 saturated heterocycles. The van der Waals surface area contributed by atoms with E-state index in [0.717, 1.165) is 18.2 Å². The highest BCUT2D eigenvalue weighted by Gasteiger charge is 2.16. The maximum Gasteiger partial charge on any atom is 0.270 e. The molecule has 0 radical (unpaired) electrons. The van der Waals surface area contributed by atoms with E-state index in [1.807, 2.05) is 0 Å². The Morgan fingerprint density at radius 2 is 1.90 bits per heavy atom. The first-order valence-corrected chi connectivity index (χ1v) is 6.18. The minimum absolute atomic E-state index is 0.0304. The van der Waals surface area contributed by atoms with Gasteiger partial charge >= 0.3 is 0 Å². The predicted molar refractivity (Wildman–Crippen MR) is 74.6 cm³/mol. The summed E-state index contributed by atoms with van der Waals surface area (Å²) < 4.78 is 18.4. The van der Waals surface area contributed by atoms with Gasteiger partial charge in [0.15, 0.2) is 5.78 Å². The van der Waals surface area contributed by atoms with Gasteiger partial charge < -0.3 is 4.74 Å². The lowest BCUT2D eigenvalue weighted by Gasteiger charge is -2.10. The largest absolute Gasteiger partial charge is 0.455 e. The number of carbonyl (C=O) groups is 1. The maximum atomic E-state index is 13.0. The molecule has 2 aromatic rings. The quantitative estimate of drug-likeness (QED) is 0.477. The lowest BCUT2D eigenvalue weighted by Crippen LogP contribution is -1.99. The fraction of sp³-hybridized carbons (Fsp3) is 0.0714. The van der Waals surface area contributed by atoms with Crippen LogP contribution in [-0.4, -0.2) is 10.7 Å². The number of Topliss-reactive ketones (excluding diaryl/α,β-unsaturated/α-hetero) is 1. The van der Waals surface area contributed by atoms with Gasteiger partial charge in [-0.1, -0.05) is 11.6 Å². The van der Waals surface area contributed by atoms with Crippen LogP contribution in [0.25, 0.3) is 0 Å². The average molecular weight is 310 g/mol. The molecule has 5 nitrogen and oxygen atoms in total. The van der Waals surface area contributed by atoms with E-state index in [-0.39, 0.29) is 27.8 Å². The fourth-order valence-corrected chi connectivity index (χ4v) is 1.88. The van der Waals surface area contributed by atoms with Gasteiger partial charge in [0.25, 0.3) is 5.69 Å². The number of benzene rings is 2. The zero-order valence-corrected chi connectivity index (χ0v) is 11.6. The third-order valence-corrected chi connectivity index (χ3v) is 2.96. The molecule has 0 fully saturated rings. The molecule has 0 amide bonds. The number of ether oxygens (including phenoxy) is 1. The summed E-state index contributed by atoms with van der Waals surface area (Å²) in [5, 5.41) is 10.8. The van der Waals surface area contributed by atoms with Crippen LogP contribution in [-0.2, 0) is 0 Å². The van der Waals surface area contributed by atoms with E-state index in [4.69, 9.17) is 16.3 Å². The van der Waals surface area contributed by atoms with Gasteiger partial charge in [-0.3, -0.25) is 14.9 Å². The van der Waals surface area contributed by atoms with Crippen molar-refractivity contribution in [3.05, 3.63) is 62.9 Å². The van der Waals surface area contributed by atoms with Gasteiger partial charge in [0, 0.05) is 12.1 Å². The zero-order chi connectivity index (χ0) is 15.6. The van der Waals surface area contributed by atoms with Gasteiger partial charge in [-0.25, -0.2) is 4.39 Å². The second-order valence-corrected chi connectivity index (χ2v) is 4.58. The molecule has 0 saturated carbocycles. The first kappa shape index (κ1) is 14.9. The van der Waals surface area contributed by atoms with Gasteiger partial charge in [0.1, 0.15) is 17.3 Å². The van der Waals surface area contributed by atoms with Gasteiger partial charge in [0.05, 0.1) is 15.5 Å². The van der Waals surface area contributed by atoms with Crippen LogP contribution in [0.3, 0.4) is 0 Å². The van der Waals surface area contributed by atoms with Crippen LogP contribution < -0.4 is 4.74 Å². The standard InChI is InChI=1S/C14H9ClFNO4/c1-8(18)11-7-10(17(19)20)3-5-13(11)21-14-4-2-9(16)6-12(14)15/h2-7H,1H3. The number of nitrogens with zero attached hydrogens (tertiary/aromatic N) is 1. The Morgan fingerprint density at radius 1 is 1.24 bits per heavy atom. The summed E-state index contributed by atoms with van der Waals surface area (Å²) in [7, 11) is 0. The van der Waals surface area contributed by atoms with Crippen molar-refractivity contribution in [2.75, 3.05) is 0 Å². The summed E-state index contributed by atoms with van der Waals surface area (Å²) in [6.45, 7) is 1.26. The van der Waals surface area contributed by atoms with Crippen molar-refractivity contribution in [3.8, 4) is 11.5 Å². The van der Waals surface area contributed by atoms with Gasteiger partial charge in [-0.2, -0.15) is 0 Å². The maximum absolute atomic E-state index is 13.0. The number of nitro benzene ring substituents is 1. The Bertz CT molecular complexity index is 733. The average Bonchev–Trinajstić information content (AvgIpc) is 2.41. The number of hydrogen-bond donors (Lipinski definition) is 0. The molecule has 108 valence electrons. The first-order valence-electron chi connectivity index (χ1n) is 5.81. The molecule has 0 heterocycles. The van der Waals surface area contributed by atoms with Crippen molar-refractivity contribution in [1.82, 2.24) is 0 Å². The van der Waals surface area contributed by atoms with E-state index in [1.165, 1.54) is 25.1 Å². The predicted octanol–water partition coefficient (Wildman–Crippen LogP) is 4.38. The minimum atomic E-state index is -0.610. The number of non-ortho nitro benzene ring substituents is 1. The minimum Gasteiger partial charge on any atom is -0.455 e. The third-order valence-electron chi connectivity index (χ3n) is 2.67. The number of ketones is 1. The Kier molecular flexibility index (Phi) is 4.18. The molecule has 0 bridgehead atoms. The van der Waals surface area contributed by atoms with E-state index < -0.39 is 16.5 Å². The number of nitro groups is 1. The highest BCUT2D eigenvalue weighted by molar-refractivity contribution is 6.32. The van der Waals surface area contributed by atoms with E-state index in [2.05, 4.69) is 0 Å². The SMILES string of the molecule is CC(=O)c1cc([N+](=O)[O-])ccc1Oc1ccc(F)cc1Cl.